The number of amides is 2. The number of anilines is 1. The average molecular weight is 505 g/mol. The summed E-state index contributed by atoms with van der Waals surface area (Å²) in [5.74, 6) is -4.80. The van der Waals surface area contributed by atoms with Gasteiger partial charge in [-0.05, 0) is 51.1 Å². The van der Waals surface area contributed by atoms with Gasteiger partial charge in [-0.2, -0.15) is 13.2 Å². The minimum atomic E-state index is -5.08. The third kappa shape index (κ3) is 6.68. The minimum absolute atomic E-state index is 0.183. The smallest absolute Gasteiger partial charge is 0.475 e. The molecule has 15 heteroatoms. The minimum Gasteiger partial charge on any atom is -0.475 e. The molecule has 10 nitrogen and oxygen atoms in total. The largest absolute Gasteiger partial charge is 0.490 e. The molecule has 0 aliphatic heterocycles. The van der Waals surface area contributed by atoms with Gasteiger partial charge in [-0.25, -0.2) is 13.8 Å². The van der Waals surface area contributed by atoms with Gasteiger partial charge in [0.1, 0.15) is 5.82 Å². The van der Waals surface area contributed by atoms with Crippen molar-refractivity contribution in [3.63, 3.8) is 0 Å². The number of aliphatic carboxylic acids is 1. The Balaban J connectivity index is 0.000000445. The van der Waals surface area contributed by atoms with E-state index < -0.39 is 29.8 Å². The lowest BCUT2D eigenvalue weighted by Crippen LogP contribution is -2.42. The normalized spacial score (nSPS) is 10.4. The third-order valence-corrected chi connectivity index (χ3v) is 3.27. The van der Waals surface area contributed by atoms with Gasteiger partial charge in [-0.3, -0.25) is 20.4 Å². The number of carboxylic acid groups (broad SMARTS) is 1. The van der Waals surface area contributed by atoms with Crippen LogP contribution in [0.15, 0.2) is 22.8 Å². The van der Waals surface area contributed by atoms with Crippen molar-refractivity contribution in [1.29, 1.82) is 0 Å². The molecule has 1 heterocycles. The molecule has 1 aromatic heterocycles. The summed E-state index contributed by atoms with van der Waals surface area (Å²) in [6.45, 7) is 0. The van der Waals surface area contributed by atoms with E-state index in [0.29, 0.717) is 0 Å². The lowest BCUT2D eigenvalue weighted by Gasteiger charge is -2.06. The maximum Gasteiger partial charge on any atom is 0.490 e. The molecule has 27 heavy (non-hydrogen) atoms. The van der Waals surface area contributed by atoms with Crippen LogP contribution in [-0.2, 0) is 4.79 Å². The summed E-state index contributed by atoms with van der Waals surface area (Å²) in [6.07, 6.45) is -5.08. The van der Waals surface area contributed by atoms with Gasteiger partial charge in [0.25, 0.3) is 11.8 Å². The number of nitrogen functional groups attached to an aromatic ring is 1. The van der Waals surface area contributed by atoms with Crippen molar-refractivity contribution in [3.05, 3.63) is 38.8 Å². The number of nitrogens with one attached hydrogen (secondary N) is 2. The van der Waals surface area contributed by atoms with Crippen molar-refractivity contribution in [2.75, 3.05) is 5.73 Å². The number of aromatic nitrogens is 2. The van der Waals surface area contributed by atoms with E-state index in [-0.39, 0.29) is 20.6 Å². The molecule has 0 atom stereocenters. The zero-order valence-electron chi connectivity index (χ0n) is 12.7. The fraction of sp³-hybridized carbons (Fsp3) is 0.0833. The van der Waals surface area contributed by atoms with Crippen LogP contribution in [0.4, 0.5) is 23.4 Å². The first-order chi connectivity index (χ1) is 12.4. The number of nitrogens with zero attached hydrogens (tertiary/aromatic N) is 2. The molecule has 0 saturated heterocycles. The number of halogens is 5. The number of hydrogen-bond acceptors (Lipinski definition) is 7. The second-order valence-corrected chi connectivity index (χ2v) is 5.50. The number of rotatable bonds is 2. The SMILES string of the molecule is Nc1nonc1C(=O)NNC(=O)c1ccc(F)c(I)c1.O=C(O)C(F)(F)F. The fourth-order valence-corrected chi connectivity index (χ4v) is 1.75. The summed E-state index contributed by atoms with van der Waals surface area (Å²) in [5, 5.41) is 13.6. The maximum absolute atomic E-state index is 13.1. The molecule has 1 aromatic carbocycles. The van der Waals surface area contributed by atoms with E-state index in [0.717, 1.165) is 6.07 Å². The van der Waals surface area contributed by atoms with Gasteiger partial charge in [0.05, 0.1) is 0 Å². The Labute approximate surface area is 160 Å². The lowest BCUT2D eigenvalue weighted by molar-refractivity contribution is -0.192. The third-order valence-electron chi connectivity index (χ3n) is 2.44. The molecule has 2 amide bonds. The summed E-state index contributed by atoms with van der Waals surface area (Å²) in [4.78, 5) is 32.2. The van der Waals surface area contributed by atoms with E-state index in [1.807, 2.05) is 0 Å². The van der Waals surface area contributed by atoms with Crippen LogP contribution in [0.3, 0.4) is 0 Å². The molecule has 0 aliphatic rings. The van der Waals surface area contributed by atoms with E-state index in [1.54, 1.807) is 22.6 Å². The lowest BCUT2D eigenvalue weighted by atomic mass is 10.2. The molecule has 146 valence electrons. The Morgan fingerprint density at radius 1 is 1.15 bits per heavy atom. The van der Waals surface area contributed by atoms with Crippen molar-refractivity contribution >= 4 is 46.2 Å². The average Bonchev–Trinajstić information content (AvgIpc) is 3.00. The van der Waals surface area contributed by atoms with E-state index >= 15 is 0 Å². The van der Waals surface area contributed by atoms with Crippen LogP contribution in [0.1, 0.15) is 20.8 Å². The van der Waals surface area contributed by atoms with Crippen LogP contribution < -0.4 is 16.6 Å². The molecule has 0 aliphatic carbocycles. The Kier molecular flexibility index (Phi) is 7.44. The summed E-state index contributed by atoms with van der Waals surface area (Å²) >= 11 is 1.75. The number of carboxylic acids is 1. The number of benzene rings is 1. The number of alkyl halides is 3. The van der Waals surface area contributed by atoms with Gasteiger partial charge in [0, 0.05) is 9.13 Å². The number of hydrogen-bond donors (Lipinski definition) is 4. The van der Waals surface area contributed by atoms with Gasteiger partial charge < -0.3 is 10.8 Å². The molecule has 2 aromatic rings. The quantitative estimate of drug-likeness (QED) is 0.268. The van der Waals surface area contributed by atoms with Crippen LogP contribution in [0.2, 0.25) is 0 Å². The van der Waals surface area contributed by atoms with Gasteiger partial charge in [0.15, 0.2) is 0 Å². The summed E-state index contributed by atoms with van der Waals surface area (Å²) < 4.78 is 49.3. The number of carbonyl (C=O) groups is 3. The van der Waals surface area contributed by atoms with Crippen LogP contribution in [-0.4, -0.2) is 39.4 Å². The number of hydrazine groups is 1. The predicted molar refractivity (Wildman–Crippen MR) is 86.5 cm³/mol. The summed E-state index contributed by atoms with van der Waals surface area (Å²) in [6, 6.07) is 3.77. The van der Waals surface area contributed by atoms with Crippen LogP contribution in [0.5, 0.6) is 0 Å². The molecule has 2 rings (SSSR count). The van der Waals surface area contributed by atoms with Gasteiger partial charge >= 0.3 is 12.1 Å². The first kappa shape index (κ1) is 22.1. The van der Waals surface area contributed by atoms with Crippen molar-refractivity contribution in [3.8, 4) is 0 Å². The molecule has 0 spiro atoms. The molecular weight excluding hydrogens is 497 g/mol. The standard InChI is InChI=1S/C10H7FIN5O3.C2HF3O2/c11-5-2-1-4(3-6(5)12)9(18)14-15-10(19)7-8(13)17-20-16-7;3-2(4,5)1(6)7/h1-3H,(H2,13,17)(H,14,18)(H,15,19);(H,6,7). The molecule has 0 fully saturated rings. The van der Waals surface area contributed by atoms with Crippen LogP contribution >= 0.6 is 22.6 Å². The topological polar surface area (TPSA) is 160 Å². The molecule has 0 radical (unpaired) electrons. The van der Waals surface area contributed by atoms with Crippen LogP contribution in [0.25, 0.3) is 0 Å². The van der Waals surface area contributed by atoms with Gasteiger partial charge in [0.2, 0.25) is 11.5 Å². The number of carbonyl (C=O) groups excluding carboxylic acids is 2. The zero-order valence-corrected chi connectivity index (χ0v) is 14.8. The highest BCUT2D eigenvalue weighted by molar-refractivity contribution is 14.1. The number of nitrogens with two attached hydrogens (primary N) is 1. The van der Waals surface area contributed by atoms with E-state index in [9.17, 15) is 27.2 Å². The van der Waals surface area contributed by atoms with E-state index in [2.05, 4.69) is 25.8 Å². The van der Waals surface area contributed by atoms with Crippen LogP contribution in [0, 0.1) is 9.39 Å². The first-order valence-electron chi connectivity index (χ1n) is 6.37. The summed E-state index contributed by atoms with van der Waals surface area (Å²) in [7, 11) is 0. The molecule has 0 bridgehead atoms. The van der Waals surface area contributed by atoms with Crippen molar-refractivity contribution in [1.82, 2.24) is 21.2 Å². The monoisotopic (exact) mass is 505 g/mol. The zero-order chi connectivity index (χ0) is 20.8. The molecule has 0 unspecified atom stereocenters. The molecule has 0 saturated carbocycles. The maximum atomic E-state index is 13.1. The Hall–Kier alpha value is -2.98. The highest BCUT2D eigenvalue weighted by atomic mass is 127. The Morgan fingerprint density at radius 3 is 2.15 bits per heavy atom. The Bertz CT molecular complexity index is 857. The first-order valence-corrected chi connectivity index (χ1v) is 7.45. The van der Waals surface area contributed by atoms with Gasteiger partial charge in [-0.1, -0.05) is 0 Å². The second kappa shape index (κ2) is 9.10. The van der Waals surface area contributed by atoms with Crippen molar-refractivity contribution in [2.24, 2.45) is 0 Å². The fourth-order valence-electron chi connectivity index (χ4n) is 1.24. The van der Waals surface area contributed by atoms with E-state index in [1.165, 1.54) is 12.1 Å². The highest BCUT2D eigenvalue weighted by Crippen LogP contribution is 2.13. The molecular formula is C12H8F4IN5O5. The molecule has 5 N–H and O–H groups in total. The summed E-state index contributed by atoms with van der Waals surface area (Å²) in [5.41, 5.74) is 9.46. The van der Waals surface area contributed by atoms with Crippen molar-refractivity contribution < 1.29 is 41.7 Å². The van der Waals surface area contributed by atoms with Gasteiger partial charge in [-0.15, -0.1) is 0 Å². The van der Waals surface area contributed by atoms with E-state index in [4.69, 9.17) is 15.6 Å². The highest BCUT2D eigenvalue weighted by Gasteiger charge is 2.38. The second-order valence-electron chi connectivity index (χ2n) is 4.34. The van der Waals surface area contributed by atoms with Crippen molar-refractivity contribution in [2.45, 2.75) is 6.18 Å². The predicted octanol–water partition coefficient (Wildman–Crippen LogP) is 1.10. The Morgan fingerprint density at radius 2 is 1.70 bits per heavy atom.